The predicted octanol–water partition coefficient (Wildman–Crippen LogP) is 3.76. The van der Waals surface area contributed by atoms with Gasteiger partial charge in [-0.05, 0) is 36.3 Å². The minimum absolute atomic E-state index is 0.661. The van der Waals surface area contributed by atoms with Crippen molar-refractivity contribution in [1.29, 1.82) is 0 Å². The van der Waals surface area contributed by atoms with Crippen molar-refractivity contribution in [1.82, 2.24) is 10.3 Å². The molecule has 1 aliphatic carbocycles. The Labute approximate surface area is 115 Å². The summed E-state index contributed by atoms with van der Waals surface area (Å²) in [6.07, 6.45) is 4.54. The van der Waals surface area contributed by atoms with Crippen LogP contribution in [0, 0.1) is 11.8 Å². The number of pyridine rings is 1. The average Bonchev–Trinajstić information content (AvgIpc) is 2.76. The molecule has 1 aromatic heterocycles. The number of aromatic nitrogens is 1. The highest BCUT2D eigenvalue weighted by Crippen LogP contribution is 2.31. The summed E-state index contributed by atoms with van der Waals surface area (Å²) in [5.74, 6) is 1.63. The maximum Gasteiger partial charge on any atom is 0.0746 e. The number of benzene rings is 1. The van der Waals surface area contributed by atoms with Crippen LogP contribution in [0.3, 0.4) is 0 Å². The normalized spacial score (nSPS) is 26.9. The predicted molar refractivity (Wildman–Crippen MR) is 79.9 cm³/mol. The van der Waals surface area contributed by atoms with Crippen LogP contribution in [0.15, 0.2) is 36.5 Å². The molecule has 0 saturated heterocycles. The minimum atomic E-state index is 0.661. The molecule has 100 valence electrons. The van der Waals surface area contributed by atoms with Crippen molar-refractivity contribution >= 4 is 10.9 Å². The lowest BCUT2D eigenvalue weighted by molar-refractivity contribution is 0.370. The lowest BCUT2D eigenvalue weighted by Crippen LogP contribution is -2.31. The molecule has 3 rings (SSSR count). The van der Waals surface area contributed by atoms with E-state index in [4.69, 9.17) is 0 Å². The Kier molecular flexibility index (Phi) is 3.52. The van der Waals surface area contributed by atoms with Gasteiger partial charge in [0.05, 0.1) is 5.52 Å². The zero-order valence-electron chi connectivity index (χ0n) is 11.8. The maximum absolute atomic E-state index is 4.52. The molecule has 1 aliphatic rings. The molecule has 0 radical (unpaired) electrons. The summed E-state index contributed by atoms with van der Waals surface area (Å²) in [6.45, 7) is 5.67. The van der Waals surface area contributed by atoms with Crippen molar-refractivity contribution in [3.8, 4) is 0 Å². The van der Waals surface area contributed by atoms with E-state index in [0.29, 0.717) is 6.04 Å². The molecule has 19 heavy (non-hydrogen) atoms. The van der Waals surface area contributed by atoms with E-state index >= 15 is 0 Å². The van der Waals surface area contributed by atoms with Gasteiger partial charge in [-0.25, -0.2) is 0 Å². The van der Waals surface area contributed by atoms with E-state index in [-0.39, 0.29) is 0 Å². The van der Waals surface area contributed by atoms with Gasteiger partial charge in [-0.1, -0.05) is 38.1 Å². The standard InChI is InChI=1S/C17H22N2/c1-12-8-9-16(13(12)2)19-11-15-6-3-5-14-7-4-10-18-17(14)15/h3-7,10,12-13,16,19H,8-9,11H2,1-2H3. The van der Waals surface area contributed by atoms with Crippen LogP contribution in [0.5, 0.6) is 0 Å². The van der Waals surface area contributed by atoms with Gasteiger partial charge in [-0.3, -0.25) is 4.98 Å². The summed E-state index contributed by atoms with van der Waals surface area (Å²) in [4.78, 5) is 4.52. The number of fused-ring (bicyclic) bond motifs is 1. The maximum atomic E-state index is 4.52. The fourth-order valence-electron chi connectivity index (χ4n) is 3.20. The smallest absolute Gasteiger partial charge is 0.0746 e. The number of rotatable bonds is 3. The van der Waals surface area contributed by atoms with Gasteiger partial charge in [0, 0.05) is 24.2 Å². The van der Waals surface area contributed by atoms with E-state index < -0.39 is 0 Å². The zero-order valence-corrected chi connectivity index (χ0v) is 11.8. The van der Waals surface area contributed by atoms with Crippen LogP contribution in [0.4, 0.5) is 0 Å². The summed E-state index contributed by atoms with van der Waals surface area (Å²) in [5, 5.41) is 4.96. The Morgan fingerprint density at radius 3 is 2.79 bits per heavy atom. The largest absolute Gasteiger partial charge is 0.310 e. The van der Waals surface area contributed by atoms with Gasteiger partial charge in [0.1, 0.15) is 0 Å². The van der Waals surface area contributed by atoms with Crippen LogP contribution in [0.2, 0.25) is 0 Å². The van der Waals surface area contributed by atoms with Crippen molar-refractivity contribution in [2.45, 2.75) is 39.3 Å². The van der Waals surface area contributed by atoms with E-state index in [2.05, 4.69) is 48.4 Å². The highest BCUT2D eigenvalue weighted by Gasteiger charge is 2.29. The van der Waals surface area contributed by atoms with Crippen molar-refractivity contribution in [3.63, 3.8) is 0 Å². The fourth-order valence-corrected chi connectivity index (χ4v) is 3.20. The van der Waals surface area contributed by atoms with Crippen molar-refractivity contribution in [3.05, 3.63) is 42.1 Å². The Bertz CT molecular complexity index is 559. The number of hydrogen-bond acceptors (Lipinski definition) is 2. The topological polar surface area (TPSA) is 24.9 Å². The first kappa shape index (κ1) is 12.6. The van der Waals surface area contributed by atoms with E-state index in [1.807, 2.05) is 12.3 Å². The minimum Gasteiger partial charge on any atom is -0.310 e. The molecule has 1 aromatic carbocycles. The molecule has 3 atom stereocenters. The Morgan fingerprint density at radius 1 is 1.16 bits per heavy atom. The van der Waals surface area contributed by atoms with Crippen LogP contribution in [-0.4, -0.2) is 11.0 Å². The second-order valence-corrected chi connectivity index (χ2v) is 5.89. The third-order valence-electron chi connectivity index (χ3n) is 4.74. The molecule has 1 saturated carbocycles. The SMILES string of the molecule is CC1CCC(NCc2cccc3cccnc23)C1C. The van der Waals surface area contributed by atoms with Gasteiger partial charge in [0.2, 0.25) is 0 Å². The van der Waals surface area contributed by atoms with Gasteiger partial charge in [0.15, 0.2) is 0 Å². The zero-order chi connectivity index (χ0) is 13.2. The molecule has 1 heterocycles. The van der Waals surface area contributed by atoms with E-state index in [1.165, 1.54) is 23.8 Å². The van der Waals surface area contributed by atoms with Crippen molar-refractivity contribution in [2.24, 2.45) is 11.8 Å². The molecule has 0 aliphatic heterocycles. The van der Waals surface area contributed by atoms with Crippen molar-refractivity contribution in [2.75, 3.05) is 0 Å². The highest BCUT2D eigenvalue weighted by molar-refractivity contribution is 5.81. The lowest BCUT2D eigenvalue weighted by Gasteiger charge is -2.20. The van der Waals surface area contributed by atoms with Crippen LogP contribution in [-0.2, 0) is 6.54 Å². The van der Waals surface area contributed by atoms with Crippen molar-refractivity contribution < 1.29 is 0 Å². The number of nitrogens with one attached hydrogen (secondary N) is 1. The molecule has 1 fully saturated rings. The van der Waals surface area contributed by atoms with Crippen LogP contribution in [0.25, 0.3) is 10.9 Å². The molecule has 2 nitrogen and oxygen atoms in total. The summed E-state index contributed by atoms with van der Waals surface area (Å²) in [5.41, 5.74) is 2.45. The average molecular weight is 254 g/mol. The monoisotopic (exact) mass is 254 g/mol. The first-order valence-electron chi connectivity index (χ1n) is 7.31. The van der Waals surface area contributed by atoms with Gasteiger partial charge >= 0.3 is 0 Å². The molecule has 1 N–H and O–H groups in total. The second kappa shape index (κ2) is 5.30. The Morgan fingerprint density at radius 2 is 2.00 bits per heavy atom. The number of nitrogens with zero attached hydrogens (tertiary/aromatic N) is 1. The number of para-hydroxylation sites is 1. The second-order valence-electron chi connectivity index (χ2n) is 5.89. The Balaban J connectivity index is 1.75. The number of hydrogen-bond donors (Lipinski definition) is 1. The third kappa shape index (κ3) is 2.50. The molecule has 0 bridgehead atoms. The summed E-state index contributed by atoms with van der Waals surface area (Å²) in [6, 6.07) is 11.2. The van der Waals surface area contributed by atoms with Crippen LogP contribution < -0.4 is 5.32 Å². The van der Waals surface area contributed by atoms with Gasteiger partial charge in [0.25, 0.3) is 0 Å². The Hall–Kier alpha value is -1.41. The lowest BCUT2D eigenvalue weighted by atomic mass is 9.97. The molecule has 2 aromatic rings. The van der Waals surface area contributed by atoms with Gasteiger partial charge in [-0.2, -0.15) is 0 Å². The summed E-state index contributed by atoms with van der Waals surface area (Å²) < 4.78 is 0. The molecule has 0 amide bonds. The van der Waals surface area contributed by atoms with Crippen LogP contribution in [0.1, 0.15) is 32.3 Å². The quantitative estimate of drug-likeness (QED) is 0.902. The first-order chi connectivity index (χ1) is 9.25. The summed E-state index contributed by atoms with van der Waals surface area (Å²) in [7, 11) is 0. The fraction of sp³-hybridized carbons (Fsp3) is 0.471. The van der Waals surface area contributed by atoms with Gasteiger partial charge in [-0.15, -0.1) is 0 Å². The van der Waals surface area contributed by atoms with Crippen LogP contribution >= 0.6 is 0 Å². The molecule has 2 heteroatoms. The van der Waals surface area contributed by atoms with Gasteiger partial charge < -0.3 is 5.32 Å². The molecule has 0 spiro atoms. The first-order valence-corrected chi connectivity index (χ1v) is 7.31. The summed E-state index contributed by atoms with van der Waals surface area (Å²) >= 11 is 0. The van der Waals surface area contributed by atoms with E-state index in [9.17, 15) is 0 Å². The van der Waals surface area contributed by atoms with E-state index in [0.717, 1.165) is 23.9 Å². The highest BCUT2D eigenvalue weighted by atomic mass is 14.9. The molecular formula is C17H22N2. The van der Waals surface area contributed by atoms with E-state index in [1.54, 1.807) is 0 Å². The molecule has 3 unspecified atom stereocenters. The third-order valence-corrected chi connectivity index (χ3v) is 4.74. The molecular weight excluding hydrogens is 232 g/mol.